The first-order valence-corrected chi connectivity index (χ1v) is 9.39. The maximum absolute atomic E-state index is 13.5. The van der Waals surface area contributed by atoms with Gasteiger partial charge in [-0.2, -0.15) is 13.2 Å². The average Bonchev–Trinajstić information content (AvgIpc) is 2.78. The second-order valence-corrected chi connectivity index (χ2v) is 6.77. The molecule has 0 aliphatic rings. The van der Waals surface area contributed by atoms with E-state index in [-0.39, 0.29) is 16.5 Å². The zero-order chi connectivity index (χ0) is 22.0. The predicted molar refractivity (Wildman–Crippen MR) is 113 cm³/mol. The predicted octanol–water partition coefficient (Wildman–Crippen LogP) is 6.18. The van der Waals surface area contributed by atoms with Crippen molar-refractivity contribution in [1.82, 2.24) is 4.98 Å². The molecule has 1 heterocycles. The summed E-state index contributed by atoms with van der Waals surface area (Å²) in [6, 6.07) is 19.5. The maximum Gasteiger partial charge on any atom is 0.418 e. The van der Waals surface area contributed by atoms with E-state index in [9.17, 15) is 18.0 Å². The van der Waals surface area contributed by atoms with Gasteiger partial charge in [-0.1, -0.05) is 54.6 Å². The third kappa shape index (κ3) is 3.94. The van der Waals surface area contributed by atoms with Crippen LogP contribution >= 0.6 is 0 Å². The number of fused-ring (bicyclic) bond motifs is 1. The van der Waals surface area contributed by atoms with Gasteiger partial charge in [0, 0.05) is 17.1 Å². The second kappa shape index (κ2) is 8.10. The molecule has 4 aromatic rings. The molecule has 0 saturated carbocycles. The van der Waals surface area contributed by atoms with Gasteiger partial charge in [-0.25, -0.2) is 0 Å². The number of hydrogen-bond acceptors (Lipinski definition) is 3. The Morgan fingerprint density at radius 3 is 2.35 bits per heavy atom. The van der Waals surface area contributed by atoms with Crippen LogP contribution in [0.3, 0.4) is 0 Å². The average molecular weight is 422 g/mol. The van der Waals surface area contributed by atoms with E-state index in [1.807, 2.05) is 0 Å². The number of para-hydroxylation sites is 3. The molecular formula is C24H17F3N2O2. The summed E-state index contributed by atoms with van der Waals surface area (Å²) in [6.45, 7) is 0. The van der Waals surface area contributed by atoms with Gasteiger partial charge in [0.05, 0.1) is 29.4 Å². The number of aromatic nitrogens is 1. The number of anilines is 1. The minimum absolute atomic E-state index is 0.156. The molecule has 0 spiro atoms. The van der Waals surface area contributed by atoms with Crippen LogP contribution in [0.15, 0.2) is 79.0 Å². The zero-order valence-electron chi connectivity index (χ0n) is 16.4. The van der Waals surface area contributed by atoms with Crippen LogP contribution in [0.1, 0.15) is 15.9 Å². The van der Waals surface area contributed by atoms with Gasteiger partial charge < -0.3 is 10.1 Å². The number of rotatable bonds is 4. The Morgan fingerprint density at radius 1 is 0.935 bits per heavy atom. The van der Waals surface area contributed by atoms with Crippen LogP contribution in [-0.4, -0.2) is 18.0 Å². The van der Waals surface area contributed by atoms with Gasteiger partial charge in [-0.3, -0.25) is 9.78 Å². The molecule has 0 bridgehead atoms. The Balaban J connectivity index is 1.92. The van der Waals surface area contributed by atoms with Crippen molar-refractivity contribution in [1.29, 1.82) is 0 Å². The Morgan fingerprint density at radius 2 is 1.65 bits per heavy atom. The van der Waals surface area contributed by atoms with Crippen LogP contribution in [-0.2, 0) is 6.18 Å². The topological polar surface area (TPSA) is 51.2 Å². The first-order chi connectivity index (χ1) is 14.9. The van der Waals surface area contributed by atoms with E-state index in [0.717, 1.165) is 6.07 Å². The number of pyridine rings is 1. The lowest BCUT2D eigenvalue weighted by atomic mass is 9.94. The van der Waals surface area contributed by atoms with Crippen molar-refractivity contribution in [2.75, 3.05) is 12.4 Å². The Bertz CT molecular complexity index is 1250. The van der Waals surface area contributed by atoms with Gasteiger partial charge >= 0.3 is 6.18 Å². The molecule has 31 heavy (non-hydrogen) atoms. The first-order valence-electron chi connectivity index (χ1n) is 9.39. The minimum Gasteiger partial charge on any atom is -0.495 e. The Hall–Kier alpha value is -3.87. The number of ether oxygens (including phenoxy) is 1. The standard InChI is InChI=1S/C24H17F3N2O2/c1-31-20-13-6-5-12-19(20)29-23(30)17-14-28-22-16(10-7-11-18(22)24(25,26)27)21(17)15-8-3-2-4-9-15/h2-14H,1H3,(H,29,30). The molecule has 1 N–H and O–H groups in total. The van der Waals surface area contributed by atoms with E-state index in [2.05, 4.69) is 10.3 Å². The molecule has 0 saturated heterocycles. The Kier molecular flexibility index (Phi) is 5.33. The monoisotopic (exact) mass is 422 g/mol. The number of nitrogens with one attached hydrogen (secondary N) is 1. The van der Waals surface area contributed by atoms with Crippen LogP contribution < -0.4 is 10.1 Å². The smallest absolute Gasteiger partial charge is 0.418 e. The summed E-state index contributed by atoms with van der Waals surface area (Å²) in [4.78, 5) is 17.2. The second-order valence-electron chi connectivity index (χ2n) is 6.77. The highest BCUT2D eigenvalue weighted by atomic mass is 19.4. The van der Waals surface area contributed by atoms with E-state index in [4.69, 9.17) is 4.74 Å². The molecule has 4 rings (SSSR count). The molecule has 3 aromatic carbocycles. The lowest BCUT2D eigenvalue weighted by molar-refractivity contribution is -0.136. The largest absolute Gasteiger partial charge is 0.495 e. The maximum atomic E-state index is 13.5. The van der Waals surface area contributed by atoms with E-state index in [1.165, 1.54) is 19.4 Å². The molecule has 156 valence electrons. The lowest BCUT2D eigenvalue weighted by Crippen LogP contribution is -2.15. The highest BCUT2D eigenvalue weighted by Crippen LogP contribution is 2.38. The van der Waals surface area contributed by atoms with Crippen molar-refractivity contribution in [2.24, 2.45) is 0 Å². The van der Waals surface area contributed by atoms with Gasteiger partial charge in [-0.05, 0) is 23.8 Å². The first kappa shape index (κ1) is 20.4. The molecule has 0 fully saturated rings. The summed E-state index contributed by atoms with van der Waals surface area (Å²) in [6.07, 6.45) is -3.38. The van der Waals surface area contributed by atoms with Crippen LogP contribution in [0.25, 0.3) is 22.0 Å². The molecule has 0 aliphatic heterocycles. The number of benzene rings is 3. The van der Waals surface area contributed by atoms with Crippen molar-refractivity contribution in [2.45, 2.75) is 6.18 Å². The fourth-order valence-electron chi connectivity index (χ4n) is 3.48. The third-order valence-corrected chi connectivity index (χ3v) is 4.87. The summed E-state index contributed by atoms with van der Waals surface area (Å²) in [5.41, 5.74) is 0.534. The summed E-state index contributed by atoms with van der Waals surface area (Å²) in [5.74, 6) is -0.0413. The van der Waals surface area contributed by atoms with Gasteiger partial charge in [0.2, 0.25) is 0 Å². The molecule has 0 aliphatic carbocycles. The van der Waals surface area contributed by atoms with Gasteiger partial charge in [0.25, 0.3) is 5.91 Å². The molecule has 1 amide bonds. The molecule has 0 radical (unpaired) electrons. The fourth-order valence-corrected chi connectivity index (χ4v) is 3.48. The number of halogens is 3. The molecule has 0 atom stereocenters. The minimum atomic E-state index is -4.57. The van der Waals surface area contributed by atoms with Gasteiger partial charge in [0.15, 0.2) is 0 Å². The number of carbonyl (C=O) groups excluding carboxylic acids is 1. The van der Waals surface area contributed by atoms with Gasteiger partial charge in [0.1, 0.15) is 5.75 Å². The SMILES string of the molecule is COc1ccccc1NC(=O)c1cnc2c(C(F)(F)F)cccc2c1-c1ccccc1. The summed E-state index contributed by atoms with van der Waals surface area (Å²) < 4.78 is 45.9. The molecule has 4 nitrogen and oxygen atoms in total. The Labute approximate surface area is 176 Å². The summed E-state index contributed by atoms with van der Waals surface area (Å²) in [5, 5.41) is 3.02. The van der Waals surface area contributed by atoms with Crippen LogP contribution in [0, 0.1) is 0 Å². The van der Waals surface area contributed by atoms with E-state index >= 15 is 0 Å². The van der Waals surface area contributed by atoms with Crippen molar-refractivity contribution in [3.8, 4) is 16.9 Å². The summed E-state index contributed by atoms with van der Waals surface area (Å²) in [7, 11) is 1.48. The highest BCUT2D eigenvalue weighted by molar-refractivity contribution is 6.14. The van der Waals surface area contributed by atoms with Crippen molar-refractivity contribution < 1.29 is 22.7 Å². The van der Waals surface area contributed by atoms with E-state index < -0.39 is 17.6 Å². The number of carbonyl (C=O) groups is 1. The number of alkyl halides is 3. The highest BCUT2D eigenvalue weighted by Gasteiger charge is 2.34. The molecule has 7 heteroatoms. The normalized spacial score (nSPS) is 11.4. The van der Waals surface area contributed by atoms with Crippen LogP contribution in [0.5, 0.6) is 5.75 Å². The third-order valence-electron chi connectivity index (χ3n) is 4.87. The van der Waals surface area contributed by atoms with Crippen LogP contribution in [0.4, 0.5) is 18.9 Å². The number of hydrogen-bond donors (Lipinski definition) is 1. The number of amides is 1. The number of nitrogens with zero attached hydrogens (tertiary/aromatic N) is 1. The van der Waals surface area contributed by atoms with E-state index in [0.29, 0.717) is 22.6 Å². The number of methoxy groups -OCH3 is 1. The lowest BCUT2D eigenvalue weighted by Gasteiger charge is -2.16. The quantitative estimate of drug-likeness (QED) is 0.427. The van der Waals surface area contributed by atoms with Crippen LogP contribution in [0.2, 0.25) is 0 Å². The molecule has 0 unspecified atom stereocenters. The van der Waals surface area contributed by atoms with Crippen molar-refractivity contribution in [3.63, 3.8) is 0 Å². The van der Waals surface area contributed by atoms with Crippen molar-refractivity contribution in [3.05, 3.63) is 90.1 Å². The van der Waals surface area contributed by atoms with Gasteiger partial charge in [-0.15, -0.1) is 0 Å². The molecule has 1 aromatic heterocycles. The fraction of sp³-hybridized carbons (Fsp3) is 0.0833. The summed E-state index contributed by atoms with van der Waals surface area (Å²) >= 11 is 0. The molecular weight excluding hydrogens is 405 g/mol. The van der Waals surface area contributed by atoms with Crippen molar-refractivity contribution >= 4 is 22.5 Å². The van der Waals surface area contributed by atoms with E-state index in [1.54, 1.807) is 60.7 Å². The zero-order valence-corrected chi connectivity index (χ0v) is 16.4.